The van der Waals surface area contributed by atoms with Crippen LogP contribution in [0, 0.1) is 6.92 Å². The highest BCUT2D eigenvalue weighted by Crippen LogP contribution is 2.30. The second kappa shape index (κ2) is 10.7. The van der Waals surface area contributed by atoms with Gasteiger partial charge >= 0.3 is 0 Å². The van der Waals surface area contributed by atoms with E-state index < -0.39 is 0 Å². The lowest BCUT2D eigenvalue weighted by molar-refractivity contribution is 0.0761. The highest BCUT2D eigenvalue weighted by Gasteiger charge is 2.19. The molecule has 0 bridgehead atoms. The quantitative estimate of drug-likeness (QED) is 0.766. The van der Waals surface area contributed by atoms with Crippen molar-refractivity contribution in [3.63, 3.8) is 0 Å². The van der Waals surface area contributed by atoms with Crippen molar-refractivity contribution in [2.24, 2.45) is 5.73 Å². The van der Waals surface area contributed by atoms with E-state index in [0.717, 1.165) is 12.0 Å². The van der Waals surface area contributed by atoms with Crippen molar-refractivity contribution in [3.05, 3.63) is 59.2 Å². The van der Waals surface area contributed by atoms with E-state index in [0.29, 0.717) is 36.7 Å². The van der Waals surface area contributed by atoms with Crippen molar-refractivity contribution in [1.82, 2.24) is 4.90 Å². The van der Waals surface area contributed by atoms with Crippen molar-refractivity contribution >= 4 is 18.3 Å². The first-order valence-corrected chi connectivity index (χ1v) is 8.36. The van der Waals surface area contributed by atoms with E-state index in [1.165, 1.54) is 5.56 Å². The van der Waals surface area contributed by atoms with Crippen LogP contribution in [0.3, 0.4) is 0 Å². The van der Waals surface area contributed by atoms with Gasteiger partial charge in [0.2, 0.25) is 0 Å². The molecule has 26 heavy (non-hydrogen) atoms. The summed E-state index contributed by atoms with van der Waals surface area (Å²) in [4.78, 5) is 14.7. The smallest absolute Gasteiger partial charge is 0.254 e. The molecule has 0 saturated carbocycles. The second-order valence-electron chi connectivity index (χ2n) is 5.82. The van der Waals surface area contributed by atoms with Crippen LogP contribution in [-0.4, -0.2) is 44.7 Å². The van der Waals surface area contributed by atoms with E-state index in [2.05, 4.69) is 12.1 Å². The molecule has 0 radical (unpaired) electrons. The van der Waals surface area contributed by atoms with Crippen molar-refractivity contribution in [3.8, 4) is 11.5 Å². The molecule has 0 aromatic heterocycles. The Labute approximate surface area is 161 Å². The molecule has 5 nitrogen and oxygen atoms in total. The van der Waals surface area contributed by atoms with Crippen LogP contribution in [0.15, 0.2) is 42.5 Å². The normalized spacial score (nSPS) is 10.0. The zero-order valence-corrected chi connectivity index (χ0v) is 16.3. The predicted molar refractivity (Wildman–Crippen MR) is 107 cm³/mol. The fraction of sp³-hybridized carbons (Fsp3) is 0.350. The van der Waals surface area contributed by atoms with Gasteiger partial charge in [0.1, 0.15) is 11.5 Å². The maximum absolute atomic E-state index is 13.0. The lowest BCUT2D eigenvalue weighted by atomic mass is 10.1. The molecule has 0 aliphatic rings. The lowest BCUT2D eigenvalue weighted by Gasteiger charge is -2.23. The molecule has 2 N–H and O–H groups in total. The van der Waals surface area contributed by atoms with Gasteiger partial charge in [-0.1, -0.05) is 30.3 Å². The second-order valence-corrected chi connectivity index (χ2v) is 5.82. The average Bonchev–Trinajstić information content (AvgIpc) is 2.65. The molecule has 0 fully saturated rings. The molecule has 2 rings (SSSR count). The minimum Gasteiger partial charge on any atom is -0.496 e. The zero-order chi connectivity index (χ0) is 18.2. The van der Waals surface area contributed by atoms with Gasteiger partial charge in [-0.15, -0.1) is 12.4 Å². The van der Waals surface area contributed by atoms with Crippen LogP contribution in [-0.2, 0) is 6.42 Å². The van der Waals surface area contributed by atoms with Gasteiger partial charge in [-0.3, -0.25) is 4.79 Å². The molecule has 0 unspecified atom stereocenters. The zero-order valence-electron chi connectivity index (χ0n) is 15.5. The Kier molecular flexibility index (Phi) is 8.96. The number of carbonyl (C=O) groups is 1. The molecule has 0 spiro atoms. The lowest BCUT2D eigenvalue weighted by Crippen LogP contribution is -2.37. The minimum absolute atomic E-state index is 0. The summed E-state index contributed by atoms with van der Waals surface area (Å²) in [7, 11) is 3.17. The van der Waals surface area contributed by atoms with Crippen molar-refractivity contribution < 1.29 is 14.3 Å². The Bertz CT molecular complexity index is 682. The third-order valence-electron chi connectivity index (χ3n) is 4.20. The van der Waals surface area contributed by atoms with Gasteiger partial charge in [-0.2, -0.15) is 0 Å². The molecule has 0 aliphatic heterocycles. The predicted octanol–water partition coefficient (Wildman–Crippen LogP) is 3.08. The highest BCUT2D eigenvalue weighted by atomic mass is 35.5. The van der Waals surface area contributed by atoms with Gasteiger partial charge in [0.25, 0.3) is 5.91 Å². The first-order valence-electron chi connectivity index (χ1n) is 8.36. The number of benzene rings is 2. The Morgan fingerprint density at radius 2 is 1.62 bits per heavy atom. The fourth-order valence-corrected chi connectivity index (χ4v) is 2.77. The number of halogens is 1. The largest absolute Gasteiger partial charge is 0.496 e. The van der Waals surface area contributed by atoms with E-state index in [1.54, 1.807) is 31.3 Å². The van der Waals surface area contributed by atoms with Crippen LogP contribution < -0.4 is 15.2 Å². The summed E-state index contributed by atoms with van der Waals surface area (Å²) in [5.74, 6) is 1.20. The van der Waals surface area contributed by atoms with E-state index in [9.17, 15) is 4.79 Å². The standard InChI is InChI=1S/C20H26N2O3.ClH/c1-15-18(24-2)13-17(14-19(15)25-3)20(23)22(12-10-21)11-9-16-7-5-4-6-8-16;/h4-8,13-14H,9-12,21H2,1-3H3;1H. The number of hydrogen-bond donors (Lipinski definition) is 1. The summed E-state index contributed by atoms with van der Waals surface area (Å²) < 4.78 is 10.7. The van der Waals surface area contributed by atoms with Crippen molar-refractivity contribution in [2.45, 2.75) is 13.3 Å². The number of nitrogens with two attached hydrogens (primary N) is 1. The van der Waals surface area contributed by atoms with Crippen LogP contribution in [0.25, 0.3) is 0 Å². The molecule has 2 aromatic carbocycles. The van der Waals surface area contributed by atoms with Crippen molar-refractivity contribution in [1.29, 1.82) is 0 Å². The molecule has 142 valence electrons. The average molecular weight is 379 g/mol. The summed E-state index contributed by atoms with van der Waals surface area (Å²) >= 11 is 0. The van der Waals surface area contributed by atoms with E-state index in [1.807, 2.05) is 25.1 Å². The third-order valence-corrected chi connectivity index (χ3v) is 4.20. The van der Waals surface area contributed by atoms with Crippen LogP contribution in [0.4, 0.5) is 0 Å². The number of ether oxygens (including phenoxy) is 2. The topological polar surface area (TPSA) is 64.8 Å². The number of rotatable bonds is 8. The first kappa shape index (κ1) is 21.8. The van der Waals surface area contributed by atoms with Crippen LogP contribution in [0.1, 0.15) is 21.5 Å². The number of methoxy groups -OCH3 is 2. The molecule has 0 saturated heterocycles. The Morgan fingerprint density at radius 3 is 2.12 bits per heavy atom. The van der Waals surface area contributed by atoms with Crippen LogP contribution in [0.2, 0.25) is 0 Å². The number of carbonyl (C=O) groups excluding carboxylic acids is 1. The van der Waals surface area contributed by atoms with Crippen molar-refractivity contribution in [2.75, 3.05) is 33.9 Å². The van der Waals surface area contributed by atoms with Gasteiger partial charge in [-0.05, 0) is 31.0 Å². The van der Waals surface area contributed by atoms with Crippen LogP contribution >= 0.6 is 12.4 Å². The Balaban J connectivity index is 0.00000338. The van der Waals surface area contributed by atoms with Gasteiger partial charge < -0.3 is 20.1 Å². The van der Waals surface area contributed by atoms with Gasteiger partial charge in [0, 0.05) is 30.8 Å². The molecular formula is C20H27ClN2O3. The van der Waals surface area contributed by atoms with E-state index in [4.69, 9.17) is 15.2 Å². The number of amides is 1. The van der Waals surface area contributed by atoms with Gasteiger partial charge in [0.15, 0.2) is 0 Å². The summed E-state index contributed by atoms with van der Waals surface area (Å²) in [6.45, 7) is 3.43. The first-order chi connectivity index (χ1) is 12.1. The van der Waals surface area contributed by atoms with Crippen LogP contribution in [0.5, 0.6) is 11.5 Å². The molecule has 0 aliphatic carbocycles. The minimum atomic E-state index is -0.0713. The molecule has 0 atom stereocenters. The van der Waals surface area contributed by atoms with E-state index in [-0.39, 0.29) is 18.3 Å². The summed E-state index contributed by atoms with van der Waals surface area (Å²) in [5.41, 5.74) is 8.31. The molecular weight excluding hydrogens is 352 g/mol. The molecule has 6 heteroatoms. The van der Waals surface area contributed by atoms with Gasteiger partial charge in [0.05, 0.1) is 14.2 Å². The Hall–Kier alpha value is -2.24. The summed E-state index contributed by atoms with van der Waals surface area (Å²) in [5, 5.41) is 0. The fourth-order valence-electron chi connectivity index (χ4n) is 2.77. The third kappa shape index (κ3) is 5.38. The monoisotopic (exact) mass is 378 g/mol. The Morgan fingerprint density at radius 1 is 1.04 bits per heavy atom. The molecule has 2 aromatic rings. The summed E-state index contributed by atoms with van der Waals surface area (Å²) in [6.07, 6.45) is 0.784. The maximum atomic E-state index is 13.0. The SMILES string of the molecule is COc1cc(C(=O)N(CCN)CCc2ccccc2)cc(OC)c1C.Cl. The highest BCUT2D eigenvalue weighted by molar-refractivity contribution is 5.95. The maximum Gasteiger partial charge on any atom is 0.254 e. The molecule has 0 heterocycles. The number of nitrogens with zero attached hydrogens (tertiary/aromatic N) is 1. The number of hydrogen-bond acceptors (Lipinski definition) is 4. The van der Waals surface area contributed by atoms with Gasteiger partial charge in [-0.25, -0.2) is 0 Å². The summed E-state index contributed by atoms with van der Waals surface area (Å²) in [6, 6.07) is 13.6. The van der Waals surface area contributed by atoms with E-state index >= 15 is 0 Å². The molecule has 1 amide bonds.